The molecule has 2 aromatic rings. The van der Waals surface area contributed by atoms with Gasteiger partial charge in [0.2, 0.25) is 5.91 Å². The van der Waals surface area contributed by atoms with Gasteiger partial charge in [-0.2, -0.15) is 0 Å². The van der Waals surface area contributed by atoms with Crippen molar-refractivity contribution in [3.8, 4) is 5.75 Å². The van der Waals surface area contributed by atoms with E-state index in [0.717, 1.165) is 24.4 Å². The third kappa shape index (κ3) is 6.73. The van der Waals surface area contributed by atoms with Gasteiger partial charge in [-0.25, -0.2) is 0 Å². The zero-order valence-corrected chi connectivity index (χ0v) is 17.0. The van der Waals surface area contributed by atoms with Crippen molar-refractivity contribution in [2.45, 2.75) is 31.4 Å². The number of aryl methyl sites for hydroxylation is 1. The summed E-state index contributed by atoms with van der Waals surface area (Å²) in [6, 6.07) is 17.7. The number of ether oxygens (including phenoxy) is 1. The van der Waals surface area contributed by atoms with E-state index in [1.165, 1.54) is 5.56 Å². The number of amides is 1. The van der Waals surface area contributed by atoms with Crippen LogP contribution in [0.2, 0.25) is 0 Å². The van der Waals surface area contributed by atoms with Crippen molar-refractivity contribution in [3.63, 3.8) is 0 Å². The number of rotatable bonds is 8. The number of carbonyl (C=O) groups is 1. The number of carbonyl (C=O) groups excluding carboxylic acids is 1. The molecule has 2 atom stereocenters. The van der Waals surface area contributed by atoms with Crippen LogP contribution in [0.3, 0.4) is 0 Å². The second-order valence-corrected chi connectivity index (χ2v) is 7.45. The fourth-order valence-electron chi connectivity index (χ4n) is 3.55. The number of hydrogen-bond donors (Lipinski definition) is 2. The second-order valence-electron chi connectivity index (χ2n) is 7.45. The lowest BCUT2D eigenvalue weighted by atomic mass is 10.0. The smallest absolute Gasteiger partial charge is 0.220 e. The minimum atomic E-state index is -0.491. The molecule has 1 amide bonds. The zero-order chi connectivity index (χ0) is 20.5. The molecule has 0 saturated carbocycles. The molecule has 1 saturated heterocycles. The van der Waals surface area contributed by atoms with Crippen molar-refractivity contribution in [3.05, 3.63) is 71.8 Å². The van der Waals surface area contributed by atoms with Crippen LogP contribution in [0, 0.1) is 0 Å². The van der Waals surface area contributed by atoms with Crippen molar-refractivity contribution in [1.82, 2.24) is 10.2 Å². The van der Waals surface area contributed by atoms with E-state index in [0.29, 0.717) is 25.8 Å². The summed E-state index contributed by atoms with van der Waals surface area (Å²) in [6.07, 6.45) is 5.49. The summed E-state index contributed by atoms with van der Waals surface area (Å²) in [6.45, 7) is 2.30. The summed E-state index contributed by atoms with van der Waals surface area (Å²) in [5.74, 6) is 0.788. The van der Waals surface area contributed by atoms with Crippen LogP contribution in [-0.4, -0.2) is 54.8 Å². The molecular formula is C24H30N2O3. The molecular weight excluding hydrogens is 364 g/mol. The molecule has 0 unspecified atom stereocenters. The highest BCUT2D eigenvalue weighted by Gasteiger charge is 2.28. The number of aliphatic hydroxyl groups excluding tert-OH is 1. The van der Waals surface area contributed by atoms with E-state index in [1.807, 2.05) is 42.5 Å². The van der Waals surface area contributed by atoms with E-state index < -0.39 is 6.10 Å². The van der Waals surface area contributed by atoms with Crippen LogP contribution >= 0.6 is 0 Å². The minimum Gasteiger partial charge on any atom is -0.497 e. The zero-order valence-electron chi connectivity index (χ0n) is 17.0. The van der Waals surface area contributed by atoms with E-state index in [-0.39, 0.29) is 11.9 Å². The first-order valence-corrected chi connectivity index (χ1v) is 10.2. The van der Waals surface area contributed by atoms with Crippen molar-refractivity contribution in [2.24, 2.45) is 0 Å². The van der Waals surface area contributed by atoms with Gasteiger partial charge in [0, 0.05) is 26.1 Å². The molecule has 1 aliphatic rings. The van der Waals surface area contributed by atoms with Crippen LogP contribution in [0.5, 0.6) is 5.75 Å². The SMILES string of the molecule is COc1ccc(CCC(=O)N[C@@H]2CN(C/C=C/c3ccccc3)CC[C@@H]2O)cc1. The molecule has 0 radical (unpaired) electrons. The quantitative estimate of drug-likeness (QED) is 0.723. The fraction of sp³-hybridized carbons (Fsp3) is 0.375. The van der Waals surface area contributed by atoms with Gasteiger partial charge in [0.05, 0.1) is 19.3 Å². The number of benzene rings is 2. The molecule has 154 valence electrons. The Morgan fingerprint density at radius 2 is 1.97 bits per heavy atom. The lowest BCUT2D eigenvalue weighted by Gasteiger charge is -2.36. The van der Waals surface area contributed by atoms with Gasteiger partial charge in [0.15, 0.2) is 0 Å². The molecule has 2 aromatic carbocycles. The van der Waals surface area contributed by atoms with Gasteiger partial charge in [-0.05, 0) is 36.1 Å². The Morgan fingerprint density at radius 1 is 1.21 bits per heavy atom. The third-order valence-electron chi connectivity index (χ3n) is 5.28. The standard InChI is InChI=1S/C24H30N2O3/c1-29-21-12-9-20(10-13-21)11-14-24(28)25-22-18-26(17-15-23(22)27)16-5-8-19-6-3-2-4-7-19/h2-10,12-13,22-23,27H,11,14-18H2,1H3,(H,25,28)/b8-5+/t22-,23+/m1/s1. The number of hydrogen-bond acceptors (Lipinski definition) is 4. The molecule has 29 heavy (non-hydrogen) atoms. The lowest BCUT2D eigenvalue weighted by molar-refractivity contribution is -0.123. The van der Waals surface area contributed by atoms with E-state index in [4.69, 9.17) is 4.74 Å². The van der Waals surface area contributed by atoms with Crippen LogP contribution in [0.15, 0.2) is 60.7 Å². The Morgan fingerprint density at radius 3 is 2.69 bits per heavy atom. The average molecular weight is 395 g/mol. The Balaban J connectivity index is 1.44. The Bertz CT molecular complexity index is 790. The maximum absolute atomic E-state index is 12.4. The Hall–Kier alpha value is -2.63. The van der Waals surface area contributed by atoms with Gasteiger partial charge in [-0.1, -0.05) is 54.6 Å². The number of nitrogens with one attached hydrogen (secondary N) is 1. The predicted octanol–water partition coefficient (Wildman–Crippen LogP) is 2.89. The number of methoxy groups -OCH3 is 1. The molecule has 0 spiro atoms. The van der Waals surface area contributed by atoms with Crippen LogP contribution in [0.25, 0.3) is 6.08 Å². The molecule has 5 heteroatoms. The Labute approximate surface area is 173 Å². The topological polar surface area (TPSA) is 61.8 Å². The van der Waals surface area contributed by atoms with E-state index in [1.54, 1.807) is 7.11 Å². The maximum Gasteiger partial charge on any atom is 0.220 e. The first kappa shape index (κ1) is 21.1. The highest BCUT2D eigenvalue weighted by molar-refractivity contribution is 5.76. The lowest BCUT2D eigenvalue weighted by Crippen LogP contribution is -2.55. The summed E-state index contributed by atoms with van der Waals surface area (Å²) in [7, 11) is 1.64. The van der Waals surface area contributed by atoms with Crippen molar-refractivity contribution >= 4 is 12.0 Å². The molecule has 1 aliphatic heterocycles. The number of piperidine rings is 1. The molecule has 1 heterocycles. The molecule has 2 N–H and O–H groups in total. The summed E-state index contributed by atoms with van der Waals surface area (Å²) in [5.41, 5.74) is 2.27. The van der Waals surface area contributed by atoms with Crippen LogP contribution < -0.4 is 10.1 Å². The molecule has 5 nitrogen and oxygen atoms in total. The van der Waals surface area contributed by atoms with Crippen molar-refractivity contribution in [1.29, 1.82) is 0 Å². The molecule has 0 aliphatic carbocycles. The molecule has 1 fully saturated rings. The van der Waals surface area contributed by atoms with E-state index >= 15 is 0 Å². The van der Waals surface area contributed by atoms with Crippen LogP contribution in [0.1, 0.15) is 24.0 Å². The summed E-state index contributed by atoms with van der Waals surface area (Å²) in [5, 5.41) is 13.3. The predicted molar refractivity (Wildman–Crippen MR) is 116 cm³/mol. The summed E-state index contributed by atoms with van der Waals surface area (Å²) >= 11 is 0. The largest absolute Gasteiger partial charge is 0.497 e. The monoisotopic (exact) mass is 394 g/mol. The van der Waals surface area contributed by atoms with E-state index in [2.05, 4.69) is 34.5 Å². The van der Waals surface area contributed by atoms with Crippen LogP contribution in [-0.2, 0) is 11.2 Å². The number of likely N-dealkylation sites (tertiary alicyclic amines) is 1. The number of nitrogens with zero attached hydrogens (tertiary/aromatic N) is 1. The van der Waals surface area contributed by atoms with E-state index in [9.17, 15) is 9.90 Å². The minimum absolute atomic E-state index is 0.0217. The van der Waals surface area contributed by atoms with Gasteiger partial charge in [0.1, 0.15) is 5.75 Å². The molecule has 0 bridgehead atoms. The first-order chi connectivity index (χ1) is 14.1. The van der Waals surface area contributed by atoms with Crippen molar-refractivity contribution < 1.29 is 14.6 Å². The third-order valence-corrected chi connectivity index (χ3v) is 5.28. The number of aliphatic hydroxyl groups is 1. The molecule has 3 rings (SSSR count). The normalized spacial score (nSPS) is 19.9. The second kappa shape index (κ2) is 10.8. The fourth-order valence-corrected chi connectivity index (χ4v) is 3.55. The highest BCUT2D eigenvalue weighted by Crippen LogP contribution is 2.14. The highest BCUT2D eigenvalue weighted by atomic mass is 16.5. The average Bonchev–Trinajstić information content (AvgIpc) is 2.75. The van der Waals surface area contributed by atoms with Crippen LogP contribution in [0.4, 0.5) is 0 Å². The summed E-state index contributed by atoms with van der Waals surface area (Å²) in [4.78, 5) is 14.6. The van der Waals surface area contributed by atoms with Gasteiger partial charge < -0.3 is 15.2 Å². The Kier molecular flexibility index (Phi) is 7.85. The van der Waals surface area contributed by atoms with Gasteiger partial charge >= 0.3 is 0 Å². The van der Waals surface area contributed by atoms with Crippen molar-refractivity contribution in [2.75, 3.05) is 26.7 Å². The first-order valence-electron chi connectivity index (χ1n) is 10.2. The molecule has 0 aromatic heterocycles. The van der Waals surface area contributed by atoms with Gasteiger partial charge in [0.25, 0.3) is 0 Å². The summed E-state index contributed by atoms with van der Waals surface area (Å²) < 4.78 is 5.15. The maximum atomic E-state index is 12.4. The van der Waals surface area contributed by atoms with Gasteiger partial charge in [-0.3, -0.25) is 9.69 Å². The van der Waals surface area contributed by atoms with Gasteiger partial charge in [-0.15, -0.1) is 0 Å².